The van der Waals surface area contributed by atoms with E-state index < -0.39 is 0 Å². The van der Waals surface area contributed by atoms with Crippen LogP contribution in [0, 0.1) is 0 Å². The van der Waals surface area contributed by atoms with Gasteiger partial charge in [-0.2, -0.15) is 5.10 Å². The molecule has 140 valence electrons. The van der Waals surface area contributed by atoms with Crippen molar-refractivity contribution in [1.29, 1.82) is 0 Å². The van der Waals surface area contributed by atoms with Crippen molar-refractivity contribution in [3.8, 4) is 17.1 Å². The first-order chi connectivity index (χ1) is 13.2. The highest BCUT2D eigenvalue weighted by Crippen LogP contribution is 2.29. The lowest BCUT2D eigenvalue weighted by atomic mass is 10.1. The summed E-state index contributed by atoms with van der Waals surface area (Å²) in [4.78, 5) is 21.1. The van der Waals surface area contributed by atoms with Crippen LogP contribution < -0.4 is 21.1 Å². The van der Waals surface area contributed by atoms with Crippen molar-refractivity contribution in [2.24, 2.45) is 0 Å². The van der Waals surface area contributed by atoms with E-state index in [2.05, 4.69) is 25.7 Å². The molecule has 4 heterocycles. The second kappa shape index (κ2) is 7.20. The second-order valence-corrected chi connectivity index (χ2v) is 6.45. The van der Waals surface area contributed by atoms with E-state index in [1.807, 2.05) is 6.07 Å². The number of nitrogens with one attached hydrogen (secondary N) is 2. The van der Waals surface area contributed by atoms with Crippen molar-refractivity contribution in [1.82, 2.24) is 30.2 Å². The van der Waals surface area contributed by atoms with Gasteiger partial charge in [-0.15, -0.1) is 0 Å². The van der Waals surface area contributed by atoms with Gasteiger partial charge < -0.3 is 21.1 Å². The number of amides is 1. The minimum atomic E-state index is -0.185. The molecule has 27 heavy (non-hydrogen) atoms. The molecule has 0 unspecified atom stereocenters. The van der Waals surface area contributed by atoms with E-state index in [9.17, 15) is 4.79 Å². The minimum absolute atomic E-state index is 0.0940. The van der Waals surface area contributed by atoms with Crippen molar-refractivity contribution >= 4 is 17.2 Å². The number of methoxy groups -OCH3 is 1. The maximum Gasteiger partial charge on any atom is 0.253 e. The molecule has 9 nitrogen and oxygen atoms in total. The highest BCUT2D eigenvalue weighted by Gasteiger charge is 2.23. The van der Waals surface area contributed by atoms with Crippen LogP contribution in [0.25, 0.3) is 16.8 Å². The maximum absolute atomic E-state index is 12.9. The van der Waals surface area contributed by atoms with Crippen LogP contribution in [0.5, 0.6) is 5.88 Å². The number of aromatic nitrogens is 4. The largest absolute Gasteiger partial charge is 0.481 e. The van der Waals surface area contributed by atoms with E-state index in [1.165, 1.54) is 6.33 Å². The van der Waals surface area contributed by atoms with E-state index >= 15 is 0 Å². The van der Waals surface area contributed by atoms with Gasteiger partial charge in [0.2, 0.25) is 5.88 Å². The number of hydrogen-bond donors (Lipinski definition) is 3. The highest BCUT2D eigenvalue weighted by atomic mass is 16.5. The molecule has 0 radical (unpaired) electrons. The summed E-state index contributed by atoms with van der Waals surface area (Å²) in [6, 6.07) is 5.49. The Balaban J connectivity index is 1.77. The lowest BCUT2D eigenvalue weighted by Crippen LogP contribution is -2.45. The second-order valence-electron chi connectivity index (χ2n) is 6.45. The molecule has 1 amide bonds. The van der Waals surface area contributed by atoms with Gasteiger partial charge in [0.1, 0.15) is 11.8 Å². The van der Waals surface area contributed by atoms with Crippen LogP contribution >= 0.6 is 0 Å². The molecular weight excluding hydrogens is 346 g/mol. The summed E-state index contributed by atoms with van der Waals surface area (Å²) in [5.41, 5.74) is 8.54. The molecule has 3 aromatic rings. The molecule has 1 saturated heterocycles. The fourth-order valence-corrected chi connectivity index (χ4v) is 3.37. The molecular formula is C18H21N7O2. The molecule has 4 rings (SSSR count). The number of rotatable bonds is 4. The predicted octanol–water partition coefficient (Wildman–Crippen LogP) is 0.864. The van der Waals surface area contributed by atoms with Gasteiger partial charge in [-0.05, 0) is 31.5 Å². The van der Waals surface area contributed by atoms with Crippen LogP contribution in [-0.4, -0.2) is 51.7 Å². The molecule has 1 aliphatic heterocycles. The first-order valence-corrected chi connectivity index (χ1v) is 8.81. The Morgan fingerprint density at radius 3 is 3.07 bits per heavy atom. The first-order valence-electron chi connectivity index (χ1n) is 8.81. The lowest BCUT2D eigenvalue weighted by molar-refractivity contribution is 0.0932. The predicted molar refractivity (Wildman–Crippen MR) is 101 cm³/mol. The third kappa shape index (κ3) is 3.28. The molecule has 9 heteroatoms. The summed E-state index contributed by atoms with van der Waals surface area (Å²) in [5.74, 6) is 0.544. The lowest BCUT2D eigenvalue weighted by Gasteiger charge is -2.23. The van der Waals surface area contributed by atoms with Crippen LogP contribution in [-0.2, 0) is 0 Å². The number of hydrogen-bond acceptors (Lipinski definition) is 7. The number of nitrogens with zero attached hydrogens (tertiary/aromatic N) is 4. The minimum Gasteiger partial charge on any atom is -0.481 e. The number of nitrogens with two attached hydrogens (primary N) is 1. The normalized spacial score (nSPS) is 17.0. The van der Waals surface area contributed by atoms with Crippen molar-refractivity contribution < 1.29 is 9.53 Å². The Kier molecular flexibility index (Phi) is 4.59. The average molecular weight is 367 g/mol. The van der Waals surface area contributed by atoms with Crippen molar-refractivity contribution in [3.05, 3.63) is 36.3 Å². The van der Waals surface area contributed by atoms with Crippen LogP contribution in [0.2, 0.25) is 0 Å². The zero-order valence-electron chi connectivity index (χ0n) is 15.0. The zero-order chi connectivity index (χ0) is 18.8. The zero-order valence-corrected chi connectivity index (χ0v) is 15.0. The number of anilines is 1. The Morgan fingerprint density at radius 2 is 2.30 bits per heavy atom. The number of carbonyl (C=O) groups is 1. The van der Waals surface area contributed by atoms with Crippen LogP contribution in [0.15, 0.2) is 30.7 Å². The maximum atomic E-state index is 12.9. The fourth-order valence-electron chi connectivity index (χ4n) is 3.37. The van der Waals surface area contributed by atoms with Gasteiger partial charge in [0.25, 0.3) is 5.91 Å². The molecule has 0 aromatic carbocycles. The monoisotopic (exact) mass is 367 g/mol. The van der Waals surface area contributed by atoms with E-state index in [0.717, 1.165) is 31.5 Å². The van der Waals surface area contributed by atoms with Crippen LogP contribution in [0.1, 0.15) is 23.2 Å². The van der Waals surface area contributed by atoms with Crippen molar-refractivity contribution in [2.45, 2.75) is 18.9 Å². The fraction of sp³-hybridized carbons (Fsp3) is 0.333. The van der Waals surface area contributed by atoms with Gasteiger partial charge >= 0.3 is 0 Å². The Morgan fingerprint density at radius 1 is 1.41 bits per heavy atom. The van der Waals surface area contributed by atoms with Gasteiger partial charge in [-0.25, -0.2) is 14.5 Å². The Labute approximate surface area is 155 Å². The molecule has 0 aliphatic carbocycles. The van der Waals surface area contributed by atoms with Crippen molar-refractivity contribution in [2.75, 3.05) is 25.9 Å². The molecule has 0 spiro atoms. The summed E-state index contributed by atoms with van der Waals surface area (Å²) < 4.78 is 6.83. The summed E-state index contributed by atoms with van der Waals surface area (Å²) >= 11 is 0. The number of pyridine rings is 1. The molecule has 1 atom stereocenters. The van der Waals surface area contributed by atoms with Crippen LogP contribution in [0.4, 0.5) is 5.82 Å². The highest BCUT2D eigenvalue weighted by molar-refractivity contribution is 6.05. The quantitative estimate of drug-likeness (QED) is 0.626. The third-order valence-electron chi connectivity index (χ3n) is 4.70. The first kappa shape index (κ1) is 17.2. The van der Waals surface area contributed by atoms with Gasteiger partial charge in [0, 0.05) is 30.4 Å². The summed E-state index contributed by atoms with van der Waals surface area (Å²) in [6.45, 7) is 1.74. The number of carbonyl (C=O) groups excluding carboxylic acids is 1. The van der Waals surface area contributed by atoms with E-state index in [0.29, 0.717) is 22.7 Å². The Bertz CT molecular complexity index is 979. The number of piperidine rings is 1. The molecule has 1 aliphatic rings. The van der Waals surface area contributed by atoms with Gasteiger partial charge in [-0.3, -0.25) is 4.79 Å². The number of fused-ring (bicyclic) bond motifs is 1. The third-order valence-corrected chi connectivity index (χ3v) is 4.70. The molecule has 0 saturated carbocycles. The van der Waals surface area contributed by atoms with Gasteiger partial charge in [0.15, 0.2) is 5.82 Å². The average Bonchev–Trinajstić information content (AvgIpc) is 3.10. The summed E-state index contributed by atoms with van der Waals surface area (Å²) in [6.07, 6.45) is 5.00. The molecule has 0 bridgehead atoms. The SMILES string of the molecule is COc1cc(-c2cc(C(=O)N[C@@H]3CCCNC3)c3c(N)ncnn23)ccn1. The van der Waals surface area contributed by atoms with Gasteiger partial charge in [-0.1, -0.05) is 0 Å². The number of nitrogen functional groups attached to an aromatic ring is 1. The van der Waals surface area contributed by atoms with E-state index in [4.69, 9.17) is 10.5 Å². The smallest absolute Gasteiger partial charge is 0.253 e. The number of ether oxygens (including phenoxy) is 1. The molecule has 4 N–H and O–H groups in total. The van der Waals surface area contributed by atoms with Crippen molar-refractivity contribution in [3.63, 3.8) is 0 Å². The summed E-state index contributed by atoms with van der Waals surface area (Å²) in [5, 5.41) is 10.7. The van der Waals surface area contributed by atoms with Gasteiger partial charge in [0.05, 0.1) is 18.4 Å². The Hall–Kier alpha value is -3.20. The standard InChI is InChI=1S/C18H21N7O2/c1-27-15-7-11(4-6-21-15)14-8-13(16-17(19)22-10-23-25(14)16)18(26)24-12-3-2-5-20-9-12/h4,6-8,10,12,20H,2-3,5,9H2,1H3,(H,24,26)(H2,19,22,23)/t12-/m1/s1. The summed E-state index contributed by atoms with van der Waals surface area (Å²) in [7, 11) is 1.56. The van der Waals surface area contributed by atoms with E-state index in [-0.39, 0.29) is 17.8 Å². The molecule has 3 aromatic heterocycles. The molecule has 1 fully saturated rings. The van der Waals surface area contributed by atoms with Crippen LogP contribution in [0.3, 0.4) is 0 Å². The van der Waals surface area contributed by atoms with E-state index in [1.54, 1.807) is 30.0 Å². The topological polar surface area (TPSA) is 119 Å².